The van der Waals surface area contributed by atoms with Crippen LogP contribution in [0, 0.1) is 11.3 Å². The van der Waals surface area contributed by atoms with Crippen molar-refractivity contribution in [2.45, 2.75) is 50.7 Å². The van der Waals surface area contributed by atoms with E-state index in [1.165, 1.54) is 12.8 Å². The third kappa shape index (κ3) is 5.37. The first-order valence-electron chi connectivity index (χ1n) is 7.74. The Hall–Kier alpha value is -1.57. The summed E-state index contributed by atoms with van der Waals surface area (Å²) >= 11 is 0. The van der Waals surface area contributed by atoms with E-state index in [1.54, 1.807) is 0 Å². The van der Waals surface area contributed by atoms with Crippen LogP contribution >= 0.6 is 0 Å². The molecule has 4 nitrogen and oxygen atoms in total. The van der Waals surface area contributed by atoms with Gasteiger partial charge in [-0.3, -0.25) is 0 Å². The number of nitrogens with zero attached hydrogens (tertiary/aromatic N) is 1. The minimum Gasteiger partial charge on any atom is -0.479 e. The Morgan fingerprint density at radius 3 is 2.43 bits per heavy atom. The Bertz CT molecular complexity index is 457. The second-order valence-corrected chi connectivity index (χ2v) is 5.83. The lowest BCUT2D eigenvalue weighted by atomic mass is 9.94. The Morgan fingerprint density at radius 2 is 1.81 bits per heavy atom. The summed E-state index contributed by atoms with van der Waals surface area (Å²) in [5.74, 6) is 0.711. The lowest BCUT2D eigenvalue weighted by Gasteiger charge is -2.27. The molecule has 0 aliphatic heterocycles. The Kier molecular flexibility index (Phi) is 6.04. The molecule has 1 fully saturated rings. The van der Waals surface area contributed by atoms with Crippen LogP contribution in [-0.2, 0) is 6.54 Å². The van der Waals surface area contributed by atoms with Gasteiger partial charge in [-0.1, -0.05) is 37.8 Å². The van der Waals surface area contributed by atoms with Crippen LogP contribution in [-0.4, -0.2) is 23.9 Å². The molecule has 114 valence electrons. The van der Waals surface area contributed by atoms with Crippen molar-refractivity contribution in [2.75, 3.05) is 13.2 Å². The molecule has 0 unspecified atom stereocenters. The van der Waals surface area contributed by atoms with Gasteiger partial charge in [-0.25, -0.2) is 0 Å². The number of aliphatic hydroxyl groups is 1. The largest absolute Gasteiger partial charge is 0.479 e. The minimum atomic E-state index is -0.535. The van der Waals surface area contributed by atoms with Gasteiger partial charge in [0.05, 0.1) is 5.60 Å². The first-order valence-corrected chi connectivity index (χ1v) is 7.74. The van der Waals surface area contributed by atoms with E-state index in [0.29, 0.717) is 12.3 Å². The minimum absolute atomic E-state index is 0.0740. The van der Waals surface area contributed by atoms with E-state index < -0.39 is 5.60 Å². The molecule has 21 heavy (non-hydrogen) atoms. The highest BCUT2D eigenvalue weighted by atomic mass is 16.5. The molecule has 0 radical (unpaired) electrons. The van der Waals surface area contributed by atoms with E-state index in [-0.39, 0.29) is 6.61 Å². The number of nitriles is 1. The fraction of sp³-hybridized carbons (Fsp3) is 0.588. The average Bonchev–Trinajstić information content (AvgIpc) is 2.71. The Morgan fingerprint density at radius 1 is 1.14 bits per heavy atom. The SMILES string of the molecule is N#CCOc1ccc(CNCC2(O)CCCCCC2)cc1. The van der Waals surface area contributed by atoms with Crippen molar-refractivity contribution in [3.8, 4) is 11.8 Å². The molecule has 0 amide bonds. The molecule has 0 bridgehead atoms. The molecular formula is C17H24N2O2. The van der Waals surface area contributed by atoms with E-state index in [4.69, 9.17) is 10.00 Å². The van der Waals surface area contributed by atoms with E-state index in [2.05, 4.69) is 5.32 Å². The van der Waals surface area contributed by atoms with Gasteiger partial charge in [-0.2, -0.15) is 5.26 Å². The van der Waals surface area contributed by atoms with Crippen LogP contribution < -0.4 is 10.1 Å². The molecule has 0 saturated heterocycles. The zero-order valence-electron chi connectivity index (χ0n) is 12.5. The lowest BCUT2D eigenvalue weighted by molar-refractivity contribution is 0.0250. The van der Waals surface area contributed by atoms with Crippen molar-refractivity contribution in [2.24, 2.45) is 0 Å². The third-order valence-electron chi connectivity index (χ3n) is 4.04. The van der Waals surface area contributed by atoms with Crippen LogP contribution in [0.5, 0.6) is 5.75 Å². The first kappa shape index (κ1) is 15.8. The predicted octanol–water partition coefficient (Wildman–Crippen LogP) is 2.76. The zero-order valence-corrected chi connectivity index (χ0v) is 12.5. The molecule has 1 saturated carbocycles. The number of nitrogens with one attached hydrogen (secondary N) is 1. The van der Waals surface area contributed by atoms with Crippen LogP contribution in [0.2, 0.25) is 0 Å². The third-order valence-corrected chi connectivity index (χ3v) is 4.04. The molecule has 1 aromatic rings. The van der Waals surface area contributed by atoms with Crippen LogP contribution in [0.15, 0.2) is 24.3 Å². The molecule has 2 N–H and O–H groups in total. The molecule has 1 aliphatic carbocycles. The van der Waals surface area contributed by atoms with Gasteiger partial charge in [0.1, 0.15) is 11.8 Å². The quantitative estimate of drug-likeness (QED) is 0.790. The summed E-state index contributed by atoms with van der Waals surface area (Å²) in [5, 5.41) is 22.4. The summed E-state index contributed by atoms with van der Waals surface area (Å²) in [4.78, 5) is 0. The summed E-state index contributed by atoms with van der Waals surface area (Å²) in [6, 6.07) is 9.65. The molecule has 2 rings (SSSR count). The molecule has 0 atom stereocenters. The van der Waals surface area contributed by atoms with E-state index in [9.17, 15) is 5.11 Å². The van der Waals surface area contributed by atoms with Crippen LogP contribution in [0.3, 0.4) is 0 Å². The van der Waals surface area contributed by atoms with E-state index in [0.717, 1.165) is 37.8 Å². The van der Waals surface area contributed by atoms with E-state index in [1.807, 2.05) is 30.3 Å². The summed E-state index contributed by atoms with van der Waals surface area (Å²) < 4.78 is 5.22. The van der Waals surface area contributed by atoms with Crippen molar-refractivity contribution in [3.05, 3.63) is 29.8 Å². The van der Waals surface area contributed by atoms with Gasteiger partial charge in [-0.05, 0) is 30.5 Å². The lowest BCUT2D eigenvalue weighted by Crippen LogP contribution is -2.39. The highest BCUT2D eigenvalue weighted by Gasteiger charge is 2.27. The second-order valence-electron chi connectivity index (χ2n) is 5.83. The number of benzene rings is 1. The molecule has 4 heteroatoms. The fourth-order valence-corrected chi connectivity index (χ4v) is 2.82. The summed E-state index contributed by atoms with van der Waals surface area (Å²) in [6.07, 6.45) is 6.55. The molecule has 1 aromatic carbocycles. The highest BCUT2D eigenvalue weighted by Crippen LogP contribution is 2.26. The van der Waals surface area contributed by atoms with Crippen molar-refractivity contribution in [1.82, 2.24) is 5.32 Å². The monoisotopic (exact) mass is 288 g/mol. The fourth-order valence-electron chi connectivity index (χ4n) is 2.82. The number of hydrogen-bond donors (Lipinski definition) is 2. The topological polar surface area (TPSA) is 65.3 Å². The van der Waals surface area contributed by atoms with Gasteiger partial charge in [0.25, 0.3) is 0 Å². The molecular weight excluding hydrogens is 264 g/mol. The maximum Gasteiger partial charge on any atom is 0.174 e. The van der Waals surface area contributed by atoms with Gasteiger partial charge in [0.2, 0.25) is 0 Å². The van der Waals surface area contributed by atoms with Gasteiger partial charge < -0.3 is 15.2 Å². The predicted molar refractivity (Wildman–Crippen MR) is 81.9 cm³/mol. The maximum atomic E-state index is 10.6. The molecule has 0 heterocycles. The van der Waals surface area contributed by atoms with E-state index >= 15 is 0 Å². The van der Waals surface area contributed by atoms with Crippen LogP contribution in [0.25, 0.3) is 0 Å². The first-order chi connectivity index (χ1) is 10.2. The maximum absolute atomic E-state index is 10.6. The van der Waals surface area contributed by atoms with Crippen LogP contribution in [0.1, 0.15) is 44.1 Å². The summed E-state index contributed by atoms with van der Waals surface area (Å²) in [7, 11) is 0. The normalized spacial score (nSPS) is 17.7. The van der Waals surface area contributed by atoms with Crippen molar-refractivity contribution in [3.63, 3.8) is 0 Å². The number of hydrogen-bond acceptors (Lipinski definition) is 4. The molecule has 0 aromatic heterocycles. The summed E-state index contributed by atoms with van der Waals surface area (Å²) in [6.45, 7) is 1.46. The van der Waals surface area contributed by atoms with Crippen molar-refractivity contribution < 1.29 is 9.84 Å². The average molecular weight is 288 g/mol. The Labute approximate surface area is 126 Å². The molecule has 0 spiro atoms. The smallest absolute Gasteiger partial charge is 0.174 e. The van der Waals surface area contributed by atoms with Crippen LogP contribution in [0.4, 0.5) is 0 Å². The summed E-state index contributed by atoms with van der Waals surface area (Å²) in [5.41, 5.74) is 0.614. The van der Waals surface area contributed by atoms with Crippen molar-refractivity contribution in [1.29, 1.82) is 5.26 Å². The van der Waals surface area contributed by atoms with Gasteiger partial charge >= 0.3 is 0 Å². The second kappa shape index (κ2) is 8.02. The highest BCUT2D eigenvalue weighted by molar-refractivity contribution is 5.27. The zero-order chi connectivity index (χ0) is 15.0. The van der Waals surface area contributed by atoms with Crippen molar-refractivity contribution >= 4 is 0 Å². The number of rotatable bonds is 6. The van der Waals surface area contributed by atoms with Gasteiger partial charge in [0, 0.05) is 13.1 Å². The standard InChI is InChI=1S/C17H24N2O2/c18-11-12-21-16-7-5-15(6-8-16)13-19-14-17(20)9-3-1-2-4-10-17/h5-8,19-20H,1-4,9-10,12-14H2. The van der Waals surface area contributed by atoms with Gasteiger partial charge in [-0.15, -0.1) is 0 Å². The molecule has 1 aliphatic rings. The van der Waals surface area contributed by atoms with Gasteiger partial charge in [0.15, 0.2) is 6.61 Å². The Balaban J connectivity index is 1.76. The number of ether oxygens (including phenoxy) is 1.